The van der Waals surface area contributed by atoms with Crippen LogP contribution in [0.15, 0.2) is 18.5 Å². The summed E-state index contributed by atoms with van der Waals surface area (Å²) in [6.45, 7) is 4.58. The Morgan fingerprint density at radius 2 is 2.16 bits per heavy atom. The maximum atomic E-state index is 6.18. The minimum atomic E-state index is 0.784. The average molecular weight is 280 g/mol. The van der Waals surface area contributed by atoms with Gasteiger partial charge in [0.1, 0.15) is 0 Å². The number of hydrogen-bond donors (Lipinski definition) is 1. The standard InChI is InChI=1S/C15H22ClN3/c16-14-10-17-7-3-13(14)11-19-8-4-12(5-9-19)15-2-1-6-18-15/h3,7,10,12,15,18H,1-2,4-6,8-9,11H2. The number of hydrogen-bond acceptors (Lipinski definition) is 3. The first kappa shape index (κ1) is 13.3. The molecule has 1 aromatic heterocycles. The molecule has 2 aliphatic heterocycles. The van der Waals surface area contributed by atoms with Crippen molar-refractivity contribution < 1.29 is 0 Å². The molecule has 0 aromatic carbocycles. The van der Waals surface area contributed by atoms with Crippen molar-refractivity contribution >= 4 is 11.6 Å². The molecule has 0 saturated carbocycles. The highest BCUT2D eigenvalue weighted by molar-refractivity contribution is 6.31. The smallest absolute Gasteiger partial charge is 0.0634 e. The van der Waals surface area contributed by atoms with Gasteiger partial charge in [0, 0.05) is 25.0 Å². The molecule has 1 aromatic rings. The van der Waals surface area contributed by atoms with Gasteiger partial charge in [-0.25, -0.2) is 0 Å². The highest BCUT2D eigenvalue weighted by atomic mass is 35.5. The second-order valence-corrected chi connectivity index (χ2v) is 6.19. The fourth-order valence-corrected chi connectivity index (χ4v) is 3.58. The Labute approximate surface area is 120 Å². The van der Waals surface area contributed by atoms with Gasteiger partial charge in [0.2, 0.25) is 0 Å². The fraction of sp³-hybridized carbons (Fsp3) is 0.667. The minimum absolute atomic E-state index is 0.784. The molecule has 3 heterocycles. The summed E-state index contributed by atoms with van der Waals surface area (Å²) in [5, 5.41) is 4.45. The third kappa shape index (κ3) is 3.28. The molecule has 2 saturated heterocycles. The number of halogens is 1. The monoisotopic (exact) mass is 279 g/mol. The molecule has 0 amide bonds. The van der Waals surface area contributed by atoms with E-state index in [4.69, 9.17) is 11.6 Å². The Bertz CT molecular complexity index is 410. The maximum Gasteiger partial charge on any atom is 0.0634 e. The lowest BCUT2D eigenvalue weighted by molar-refractivity contribution is 0.157. The molecular formula is C15H22ClN3. The largest absolute Gasteiger partial charge is 0.314 e. The molecule has 0 radical (unpaired) electrons. The van der Waals surface area contributed by atoms with Crippen LogP contribution in [0, 0.1) is 5.92 Å². The molecule has 0 spiro atoms. The third-order valence-corrected chi connectivity index (χ3v) is 4.89. The fourth-order valence-electron chi connectivity index (χ4n) is 3.40. The lowest BCUT2D eigenvalue weighted by atomic mass is 9.88. The first-order valence-corrected chi connectivity index (χ1v) is 7.75. The van der Waals surface area contributed by atoms with Crippen molar-refractivity contribution in [1.29, 1.82) is 0 Å². The van der Waals surface area contributed by atoms with Crippen molar-refractivity contribution in [2.45, 2.75) is 38.3 Å². The summed E-state index contributed by atoms with van der Waals surface area (Å²) in [5.74, 6) is 0.881. The van der Waals surface area contributed by atoms with E-state index in [0.29, 0.717) is 0 Å². The third-order valence-electron chi connectivity index (χ3n) is 4.55. The van der Waals surface area contributed by atoms with Crippen LogP contribution < -0.4 is 5.32 Å². The zero-order chi connectivity index (χ0) is 13.1. The quantitative estimate of drug-likeness (QED) is 0.922. The molecule has 0 aliphatic carbocycles. The lowest BCUT2D eigenvalue weighted by Crippen LogP contribution is -2.40. The first-order valence-electron chi connectivity index (χ1n) is 7.37. The molecule has 104 valence electrons. The van der Waals surface area contributed by atoms with Gasteiger partial charge in [-0.2, -0.15) is 0 Å². The Morgan fingerprint density at radius 3 is 2.84 bits per heavy atom. The van der Waals surface area contributed by atoms with E-state index in [1.807, 2.05) is 12.3 Å². The van der Waals surface area contributed by atoms with E-state index < -0.39 is 0 Å². The number of likely N-dealkylation sites (tertiary alicyclic amines) is 1. The molecule has 1 atom stereocenters. The van der Waals surface area contributed by atoms with Crippen LogP contribution in [0.4, 0.5) is 0 Å². The van der Waals surface area contributed by atoms with Crippen LogP contribution in [-0.2, 0) is 6.54 Å². The van der Waals surface area contributed by atoms with Gasteiger partial charge in [-0.15, -0.1) is 0 Å². The number of pyridine rings is 1. The zero-order valence-corrected chi connectivity index (χ0v) is 12.1. The van der Waals surface area contributed by atoms with Gasteiger partial charge in [-0.05, 0) is 62.9 Å². The molecule has 1 N–H and O–H groups in total. The van der Waals surface area contributed by atoms with E-state index in [-0.39, 0.29) is 0 Å². The van der Waals surface area contributed by atoms with Crippen molar-refractivity contribution in [3.05, 3.63) is 29.0 Å². The van der Waals surface area contributed by atoms with Crippen LogP contribution >= 0.6 is 11.6 Å². The number of aromatic nitrogens is 1. The summed E-state index contributed by atoms with van der Waals surface area (Å²) in [7, 11) is 0. The van der Waals surface area contributed by atoms with Crippen LogP contribution in [0.1, 0.15) is 31.2 Å². The molecule has 1 unspecified atom stereocenters. The molecular weight excluding hydrogens is 258 g/mol. The van der Waals surface area contributed by atoms with E-state index >= 15 is 0 Å². The Balaban J connectivity index is 1.51. The second kappa shape index (κ2) is 6.21. The van der Waals surface area contributed by atoms with Crippen molar-refractivity contribution in [2.75, 3.05) is 19.6 Å². The molecule has 4 heteroatoms. The van der Waals surface area contributed by atoms with Crippen molar-refractivity contribution in [3.8, 4) is 0 Å². The minimum Gasteiger partial charge on any atom is -0.314 e. The van der Waals surface area contributed by atoms with Crippen LogP contribution in [0.3, 0.4) is 0 Å². The molecule has 3 nitrogen and oxygen atoms in total. The second-order valence-electron chi connectivity index (χ2n) is 5.78. The van der Waals surface area contributed by atoms with Gasteiger partial charge in [0.05, 0.1) is 5.02 Å². The van der Waals surface area contributed by atoms with Gasteiger partial charge in [0.15, 0.2) is 0 Å². The summed E-state index contributed by atoms with van der Waals surface area (Å²) >= 11 is 6.18. The topological polar surface area (TPSA) is 28.2 Å². The summed E-state index contributed by atoms with van der Waals surface area (Å²) < 4.78 is 0. The molecule has 19 heavy (non-hydrogen) atoms. The summed E-state index contributed by atoms with van der Waals surface area (Å²) in [4.78, 5) is 6.56. The van der Waals surface area contributed by atoms with Crippen molar-refractivity contribution in [2.24, 2.45) is 5.92 Å². The first-order chi connectivity index (χ1) is 9.33. The van der Waals surface area contributed by atoms with Crippen LogP contribution in [0.25, 0.3) is 0 Å². The van der Waals surface area contributed by atoms with Crippen LogP contribution in [-0.4, -0.2) is 35.6 Å². The Hall–Kier alpha value is -0.640. The summed E-state index contributed by atoms with van der Waals surface area (Å²) in [5.41, 5.74) is 1.20. The van der Waals surface area contributed by atoms with Gasteiger partial charge >= 0.3 is 0 Å². The Morgan fingerprint density at radius 1 is 1.32 bits per heavy atom. The SMILES string of the molecule is Clc1cnccc1CN1CCC(C2CCCN2)CC1. The van der Waals surface area contributed by atoms with E-state index in [1.54, 1.807) is 6.20 Å². The molecule has 2 aliphatic rings. The normalized spacial score (nSPS) is 25.8. The summed E-state index contributed by atoms with van der Waals surface area (Å²) in [6, 6.07) is 2.82. The molecule has 3 rings (SSSR count). The highest BCUT2D eigenvalue weighted by Gasteiger charge is 2.28. The van der Waals surface area contributed by atoms with Gasteiger partial charge in [-0.3, -0.25) is 9.88 Å². The Kier molecular flexibility index (Phi) is 4.36. The number of rotatable bonds is 3. The van der Waals surface area contributed by atoms with Gasteiger partial charge in [0.25, 0.3) is 0 Å². The number of nitrogens with zero attached hydrogens (tertiary/aromatic N) is 2. The summed E-state index contributed by atoms with van der Waals surface area (Å²) in [6.07, 6.45) is 8.95. The van der Waals surface area contributed by atoms with E-state index in [0.717, 1.165) is 23.5 Å². The molecule has 0 bridgehead atoms. The predicted molar refractivity (Wildman–Crippen MR) is 78.3 cm³/mol. The maximum absolute atomic E-state index is 6.18. The van der Waals surface area contributed by atoms with Crippen molar-refractivity contribution in [3.63, 3.8) is 0 Å². The van der Waals surface area contributed by atoms with Crippen LogP contribution in [0.5, 0.6) is 0 Å². The lowest BCUT2D eigenvalue weighted by Gasteiger charge is -2.35. The van der Waals surface area contributed by atoms with Gasteiger partial charge < -0.3 is 5.32 Å². The number of nitrogens with one attached hydrogen (secondary N) is 1. The highest BCUT2D eigenvalue weighted by Crippen LogP contribution is 2.27. The van der Waals surface area contributed by atoms with Crippen molar-refractivity contribution in [1.82, 2.24) is 15.2 Å². The van der Waals surface area contributed by atoms with Crippen LogP contribution in [0.2, 0.25) is 5.02 Å². The molecule has 2 fully saturated rings. The zero-order valence-electron chi connectivity index (χ0n) is 11.3. The average Bonchev–Trinajstić information content (AvgIpc) is 2.96. The predicted octanol–water partition coefficient (Wildman–Crippen LogP) is 2.70. The van der Waals surface area contributed by atoms with E-state index in [9.17, 15) is 0 Å². The number of piperidine rings is 1. The van der Waals surface area contributed by atoms with E-state index in [2.05, 4.69) is 15.2 Å². The van der Waals surface area contributed by atoms with E-state index in [1.165, 1.54) is 50.9 Å². The van der Waals surface area contributed by atoms with Gasteiger partial charge in [-0.1, -0.05) is 11.6 Å².